The minimum Gasteiger partial charge on any atom is -0.103 e. The minimum absolute atomic E-state index is 0.832. The summed E-state index contributed by atoms with van der Waals surface area (Å²) in [6.45, 7) is 8.47. The second kappa shape index (κ2) is 9.04. The molecule has 0 aliphatic carbocycles. The summed E-state index contributed by atoms with van der Waals surface area (Å²) >= 11 is 2.49. The molecule has 0 rings (SSSR count). The summed E-state index contributed by atoms with van der Waals surface area (Å²) in [7, 11) is 0. The van der Waals surface area contributed by atoms with E-state index >= 15 is 0 Å². The maximum absolute atomic E-state index is 3.82. The summed E-state index contributed by atoms with van der Waals surface area (Å²) in [4.78, 5) is 0. The Balaban J connectivity index is 3.82. The maximum Gasteiger partial charge on any atom is -0.000199 e. The second-order valence-electron chi connectivity index (χ2n) is 3.88. The van der Waals surface area contributed by atoms with Gasteiger partial charge in [-0.1, -0.05) is 61.8 Å². The van der Waals surface area contributed by atoms with Crippen LogP contribution in [0, 0.1) is 11.8 Å². The van der Waals surface area contributed by atoms with Crippen molar-refractivity contribution in [1.82, 2.24) is 0 Å². The van der Waals surface area contributed by atoms with Crippen molar-refractivity contribution in [2.75, 3.05) is 4.43 Å². The normalized spacial score (nSPS) is 15.3. The van der Waals surface area contributed by atoms with Crippen molar-refractivity contribution >= 4 is 22.6 Å². The van der Waals surface area contributed by atoms with E-state index in [0.29, 0.717) is 0 Å². The van der Waals surface area contributed by atoms with Crippen LogP contribution in [0.2, 0.25) is 0 Å². The number of hydrogen-bond donors (Lipinski definition) is 0. The van der Waals surface area contributed by atoms with E-state index in [9.17, 15) is 0 Å². The van der Waals surface area contributed by atoms with Crippen LogP contribution in [0.3, 0.4) is 0 Å². The molecule has 0 aliphatic rings. The molecule has 0 spiro atoms. The van der Waals surface area contributed by atoms with Gasteiger partial charge < -0.3 is 0 Å². The van der Waals surface area contributed by atoms with Crippen LogP contribution in [-0.4, -0.2) is 4.43 Å². The third-order valence-electron chi connectivity index (χ3n) is 2.75. The van der Waals surface area contributed by atoms with E-state index < -0.39 is 0 Å². The van der Waals surface area contributed by atoms with E-state index in [1.54, 1.807) is 0 Å². The van der Waals surface area contributed by atoms with Crippen molar-refractivity contribution in [2.24, 2.45) is 11.8 Å². The van der Waals surface area contributed by atoms with Gasteiger partial charge in [-0.15, -0.1) is 6.58 Å². The van der Waals surface area contributed by atoms with Gasteiger partial charge in [0.15, 0.2) is 0 Å². The zero-order valence-electron chi connectivity index (χ0n) is 9.06. The molecule has 0 aromatic rings. The van der Waals surface area contributed by atoms with Crippen LogP contribution >= 0.6 is 22.6 Å². The summed E-state index contributed by atoms with van der Waals surface area (Å²) in [5.41, 5.74) is 0. The van der Waals surface area contributed by atoms with E-state index in [-0.39, 0.29) is 0 Å². The van der Waals surface area contributed by atoms with Crippen molar-refractivity contribution in [2.45, 2.75) is 46.0 Å². The van der Waals surface area contributed by atoms with E-state index in [2.05, 4.69) is 49.1 Å². The molecule has 0 aromatic carbocycles. The molecule has 0 bridgehead atoms. The molecule has 1 heteroatoms. The fourth-order valence-corrected chi connectivity index (χ4v) is 2.58. The molecule has 0 fully saturated rings. The highest BCUT2D eigenvalue weighted by molar-refractivity contribution is 14.1. The van der Waals surface area contributed by atoms with Crippen LogP contribution in [0.4, 0.5) is 0 Å². The van der Waals surface area contributed by atoms with Gasteiger partial charge in [-0.25, -0.2) is 0 Å². The first-order chi connectivity index (χ1) is 6.26. The van der Waals surface area contributed by atoms with E-state index in [1.165, 1.54) is 36.5 Å². The molecule has 0 saturated heterocycles. The van der Waals surface area contributed by atoms with Gasteiger partial charge in [0.1, 0.15) is 0 Å². The Labute approximate surface area is 97.3 Å². The van der Waals surface area contributed by atoms with Gasteiger partial charge in [0.05, 0.1) is 0 Å². The van der Waals surface area contributed by atoms with Crippen molar-refractivity contribution in [1.29, 1.82) is 0 Å². The lowest BCUT2D eigenvalue weighted by Gasteiger charge is -2.22. The Bertz CT molecular complexity index is 120. The molecule has 2 unspecified atom stereocenters. The van der Waals surface area contributed by atoms with E-state index in [0.717, 1.165) is 11.8 Å². The van der Waals surface area contributed by atoms with Gasteiger partial charge in [0.2, 0.25) is 0 Å². The van der Waals surface area contributed by atoms with Crippen LogP contribution in [0.25, 0.3) is 0 Å². The topological polar surface area (TPSA) is 0 Å². The molecule has 0 N–H and O–H groups in total. The average molecular weight is 294 g/mol. The summed E-state index contributed by atoms with van der Waals surface area (Å²) in [6, 6.07) is 0. The zero-order chi connectivity index (χ0) is 10.1. The Kier molecular flexibility index (Phi) is 9.37. The fraction of sp³-hybridized carbons (Fsp3) is 0.833. The summed E-state index contributed by atoms with van der Waals surface area (Å²) in [6.07, 6.45) is 8.77. The lowest BCUT2D eigenvalue weighted by molar-refractivity contribution is 0.323. The number of unbranched alkanes of at least 4 members (excludes halogenated alkanes) is 1. The first kappa shape index (κ1) is 13.5. The molecule has 0 amide bonds. The monoisotopic (exact) mass is 294 g/mol. The Hall–Kier alpha value is 0.470. The van der Waals surface area contributed by atoms with Gasteiger partial charge in [-0.2, -0.15) is 0 Å². The first-order valence-electron chi connectivity index (χ1n) is 5.43. The van der Waals surface area contributed by atoms with Gasteiger partial charge in [-0.3, -0.25) is 0 Å². The molecular formula is C12H23I. The fourth-order valence-electron chi connectivity index (χ4n) is 1.78. The summed E-state index contributed by atoms with van der Waals surface area (Å²) < 4.78 is 1.30. The number of hydrogen-bond acceptors (Lipinski definition) is 0. The number of alkyl halides is 1. The summed E-state index contributed by atoms with van der Waals surface area (Å²) in [5, 5.41) is 0. The zero-order valence-corrected chi connectivity index (χ0v) is 11.2. The highest BCUT2D eigenvalue weighted by Crippen LogP contribution is 2.25. The first-order valence-corrected chi connectivity index (χ1v) is 6.95. The van der Waals surface area contributed by atoms with Gasteiger partial charge in [0.25, 0.3) is 0 Å². The SMILES string of the molecule is C=CCC(C)C(CCI)CCCC. The van der Waals surface area contributed by atoms with Gasteiger partial charge >= 0.3 is 0 Å². The van der Waals surface area contributed by atoms with Crippen molar-refractivity contribution in [3.8, 4) is 0 Å². The van der Waals surface area contributed by atoms with Crippen LogP contribution in [-0.2, 0) is 0 Å². The molecule has 78 valence electrons. The molecule has 0 heterocycles. The van der Waals surface area contributed by atoms with Crippen LogP contribution in [0.1, 0.15) is 46.0 Å². The van der Waals surface area contributed by atoms with Crippen LogP contribution < -0.4 is 0 Å². The smallest absolute Gasteiger partial charge is 0.000199 e. The lowest BCUT2D eigenvalue weighted by Crippen LogP contribution is -2.11. The standard InChI is InChI=1S/C12H23I/c1-4-6-8-12(9-10-13)11(3)7-5-2/h5,11-12H,2,4,6-10H2,1,3H3. The van der Waals surface area contributed by atoms with Crippen LogP contribution in [0.15, 0.2) is 12.7 Å². The Morgan fingerprint density at radius 3 is 2.54 bits per heavy atom. The number of halogens is 1. The van der Waals surface area contributed by atoms with E-state index in [1.807, 2.05) is 0 Å². The van der Waals surface area contributed by atoms with Gasteiger partial charge in [0, 0.05) is 0 Å². The highest BCUT2D eigenvalue weighted by Gasteiger charge is 2.14. The third kappa shape index (κ3) is 6.53. The Morgan fingerprint density at radius 1 is 1.38 bits per heavy atom. The number of allylic oxidation sites excluding steroid dienone is 1. The Morgan fingerprint density at radius 2 is 2.08 bits per heavy atom. The predicted molar refractivity (Wildman–Crippen MR) is 70.5 cm³/mol. The largest absolute Gasteiger partial charge is 0.103 e. The molecule has 0 aromatic heterocycles. The van der Waals surface area contributed by atoms with Crippen LogP contribution in [0.5, 0.6) is 0 Å². The quantitative estimate of drug-likeness (QED) is 0.342. The second-order valence-corrected chi connectivity index (χ2v) is 4.96. The van der Waals surface area contributed by atoms with Crippen molar-refractivity contribution in [3.63, 3.8) is 0 Å². The number of rotatable bonds is 8. The lowest BCUT2D eigenvalue weighted by atomic mass is 9.85. The molecule has 0 aliphatic heterocycles. The van der Waals surface area contributed by atoms with Crippen molar-refractivity contribution < 1.29 is 0 Å². The van der Waals surface area contributed by atoms with Crippen molar-refractivity contribution in [3.05, 3.63) is 12.7 Å². The molecule has 2 atom stereocenters. The molecule has 0 nitrogen and oxygen atoms in total. The minimum atomic E-state index is 0.832. The third-order valence-corrected chi connectivity index (χ3v) is 3.37. The van der Waals surface area contributed by atoms with E-state index in [4.69, 9.17) is 0 Å². The average Bonchev–Trinajstić information content (AvgIpc) is 2.12. The molecule has 13 heavy (non-hydrogen) atoms. The molecular weight excluding hydrogens is 271 g/mol. The van der Waals surface area contributed by atoms with Gasteiger partial charge in [-0.05, 0) is 29.1 Å². The highest BCUT2D eigenvalue weighted by atomic mass is 127. The maximum atomic E-state index is 3.82. The molecule has 0 saturated carbocycles. The molecule has 0 radical (unpaired) electrons. The predicted octanol–water partition coefficient (Wildman–Crippen LogP) is 4.83. The summed E-state index contributed by atoms with van der Waals surface area (Å²) in [5.74, 6) is 1.76.